The Bertz CT molecular complexity index is 287. The second-order valence-electron chi connectivity index (χ2n) is 4.61. The van der Waals surface area contributed by atoms with Gasteiger partial charge in [-0.25, -0.2) is 0 Å². The Morgan fingerprint density at radius 1 is 1.53 bits per heavy atom. The molecule has 1 rings (SSSR count). The van der Waals surface area contributed by atoms with Crippen molar-refractivity contribution in [1.29, 1.82) is 0 Å². The molecule has 0 unspecified atom stereocenters. The lowest BCUT2D eigenvalue weighted by molar-refractivity contribution is -0.118. The van der Waals surface area contributed by atoms with Gasteiger partial charge in [-0.2, -0.15) is 0 Å². The molecule has 0 bridgehead atoms. The molecule has 0 saturated carbocycles. The first-order valence-corrected chi connectivity index (χ1v) is 7.30. The van der Waals surface area contributed by atoms with Crippen molar-refractivity contribution in [3.8, 4) is 0 Å². The average Bonchev–Trinajstić information content (AvgIpc) is 2.35. The van der Waals surface area contributed by atoms with Crippen molar-refractivity contribution in [3.05, 3.63) is 0 Å². The highest BCUT2D eigenvalue weighted by molar-refractivity contribution is 8.13. The summed E-state index contributed by atoms with van der Waals surface area (Å²) in [7, 11) is 0. The predicted octanol–water partition coefficient (Wildman–Crippen LogP) is 1.75. The fraction of sp³-hybridized carbons (Fsp3) is 0.833. The molecule has 1 aliphatic heterocycles. The summed E-state index contributed by atoms with van der Waals surface area (Å²) in [5, 5.41) is 4.29. The SMILES string of the molecule is CCC1(CC)CN=C(NCCCC(N)=O)SC1. The number of nitrogens with zero attached hydrogens (tertiary/aromatic N) is 1. The molecule has 0 fully saturated rings. The molecular formula is C12H23N3OS. The van der Waals surface area contributed by atoms with Gasteiger partial charge in [0.1, 0.15) is 0 Å². The number of primary amides is 1. The van der Waals surface area contributed by atoms with E-state index in [1.54, 1.807) is 11.8 Å². The van der Waals surface area contributed by atoms with Crippen molar-refractivity contribution in [2.24, 2.45) is 16.1 Å². The Labute approximate surface area is 108 Å². The third-order valence-electron chi connectivity index (χ3n) is 3.45. The summed E-state index contributed by atoms with van der Waals surface area (Å²) < 4.78 is 0. The number of aliphatic imine (C=N–C) groups is 1. The van der Waals surface area contributed by atoms with Crippen molar-refractivity contribution in [2.45, 2.75) is 39.5 Å². The number of nitrogens with two attached hydrogens (primary N) is 1. The summed E-state index contributed by atoms with van der Waals surface area (Å²) in [6, 6.07) is 0. The van der Waals surface area contributed by atoms with E-state index in [1.165, 1.54) is 12.8 Å². The van der Waals surface area contributed by atoms with Gasteiger partial charge in [0.05, 0.1) is 0 Å². The number of carbonyl (C=O) groups excluding carboxylic acids is 1. The molecule has 0 aromatic rings. The maximum Gasteiger partial charge on any atom is 0.217 e. The molecular weight excluding hydrogens is 234 g/mol. The lowest BCUT2D eigenvalue weighted by Gasteiger charge is -2.33. The summed E-state index contributed by atoms with van der Waals surface area (Å²) in [5.74, 6) is 0.905. The largest absolute Gasteiger partial charge is 0.370 e. The van der Waals surface area contributed by atoms with Crippen LogP contribution in [0.5, 0.6) is 0 Å². The van der Waals surface area contributed by atoms with Gasteiger partial charge in [0.25, 0.3) is 0 Å². The van der Waals surface area contributed by atoms with Gasteiger partial charge in [-0.3, -0.25) is 9.79 Å². The van der Waals surface area contributed by atoms with Crippen LogP contribution in [0.15, 0.2) is 4.99 Å². The van der Waals surface area contributed by atoms with Crippen LogP contribution in [0.2, 0.25) is 0 Å². The van der Waals surface area contributed by atoms with E-state index in [4.69, 9.17) is 5.73 Å². The summed E-state index contributed by atoms with van der Waals surface area (Å²) in [6.07, 6.45) is 3.60. The Balaban J connectivity index is 2.29. The second-order valence-corrected chi connectivity index (χ2v) is 5.58. The number of rotatable bonds is 6. The highest BCUT2D eigenvalue weighted by Gasteiger charge is 2.29. The van der Waals surface area contributed by atoms with Crippen molar-refractivity contribution < 1.29 is 4.79 Å². The zero-order chi connectivity index (χ0) is 12.7. The van der Waals surface area contributed by atoms with Crippen LogP contribution >= 0.6 is 11.8 Å². The van der Waals surface area contributed by atoms with Gasteiger partial charge in [-0.15, -0.1) is 0 Å². The molecule has 0 aliphatic carbocycles. The molecule has 0 atom stereocenters. The van der Waals surface area contributed by atoms with Crippen molar-refractivity contribution in [3.63, 3.8) is 0 Å². The number of nitrogens with one attached hydrogen (secondary N) is 1. The Kier molecular flexibility index (Phi) is 5.82. The fourth-order valence-corrected chi connectivity index (χ4v) is 3.10. The van der Waals surface area contributed by atoms with E-state index in [0.29, 0.717) is 11.8 Å². The second kappa shape index (κ2) is 6.89. The first-order chi connectivity index (χ1) is 8.12. The van der Waals surface area contributed by atoms with Crippen molar-refractivity contribution in [2.75, 3.05) is 18.8 Å². The molecule has 1 amide bonds. The monoisotopic (exact) mass is 257 g/mol. The minimum atomic E-state index is -0.235. The van der Waals surface area contributed by atoms with Gasteiger partial charge in [0.15, 0.2) is 5.17 Å². The molecule has 0 spiro atoms. The first kappa shape index (κ1) is 14.4. The summed E-state index contributed by atoms with van der Waals surface area (Å²) in [6.45, 7) is 6.18. The number of thioether (sulfide) groups is 1. The molecule has 0 radical (unpaired) electrons. The Morgan fingerprint density at radius 2 is 2.24 bits per heavy atom. The topological polar surface area (TPSA) is 67.5 Å². The van der Waals surface area contributed by atoms with E-state index < -0.39 is 0 Å². The number of amides is 1. The zero-order valence-corrected chi connectivity index (χ0v) is 11.6. The maximum absolute atomic E-state index is 10.6. The zero-order valence-electron chi connectivity index (χ0n) is 10.8. The normalized spacial score (nSPS) is 18.6. The van der Waals surface area contributed by atoms with E-state index in [-0.39, 0.29) is 5.91 Å². The number of carbonyl (C=O) groups is 1. The van der Waals surface area contributed by atoms with Crippen LogP contribution in [0, 0.1) is 5.41 Å². The lowest BCUT2D eigenvalue weighted by atomic mass is 9.84. The smallest absolute Gasteiger partial charge is 0.217 e. The van der Waals surface area contributed by atoms with Crippen LogP contribution in [-0.4, -0.2) is 29.9 Å². The number of amidine groups is 1. The third-order valence-corrected chi connectivity index (χ3v) is 4.75. The van der Waals surface area contributed by atoms with Crippen LogP contribution in [-0.2, 0) is 4.79 Å². The van der Waals surface area contributed by atoms with E-state index in [0.717, 1.165) is 30.4 Å². The Morgan fingerprint density at radius 3 is 2.71 bits per heavy atom. The average molecular weight is 257 g/mol. The van der Waals surface area contributed by atoms with Gasteiger partial charge in [0.2, 0.25) is 5.91 Å². The van der Waals surface area contributed by atoms with Gasteiger partial charge >= 0.3 is 0 Å². The molecule has 98 valence electrons. The molecule has 5 heteroatoms. The van der Waals surface area contributed by atoms with E-state index in [9.17, 15) is 4.79 Å². The van der Waals surface area contributed by atoms with E-state index in [1.807, 2.05) is 0 Å². The summed E-state index contributed by atoms with van der Waals surface area (Å²) >= 11 is 1.80. The van der Waals surface area contributed by atoms with Gasteiger partial charge in [-0.1, -0.05) is 25.6 Å². The molecule has 3 N–H and O–H groups in total. The Hall–Kier alpha value is -0.710. The van der Waals surface area contributed by atoms with Crippen LogP contribution in [0.4, 0.5) is 0 Å². The predicted molar refractivity (Wildman–Crippen MR) is 74.2 cm³/mol. The van der Waals surface area contributed by atoms with Crippen molar-refractivity contribution in [1.82, 2.24) is 5.32 Å². The molecule has 0 saturated heterocycles. The minimum absolute atomic E-state index is 0.235. The first-order valence-electron chi connectivity index (χ1n) is 6.31. The number of hydrogen-bond donors (Lipinski definition) is 2. The van der Waals surface area contributed by atoms with Gasteiger partial charge in [-0.05, 0) is 24.7 Å². The molecule has 1 heterocycles. The van der Waals surface area contributed by atoms with Gasteiger partial charge in [0, 0.05) is 25.3 Å². The fourth-order valence-electron chi connectivity index (χ4n) is 1.79. The highest BCUT2D eigenvalue weighted by Crippen LogP contribution is 2.34. The molecule has 17 heavy (non-hydrogen) atoms. The van der Waals surface area contributed by atoms with Crippen LogP contribution in [0.3, 0.4) is 0 Å². The highest BCUT2D eigenvalue weighted by atomic mass is 32.2. The standard InChI is InChI=1S/C12H23N3OS/c1-3-12(4-2)8-15-11(17-9-12)14-7-5-6-10(13)16/h3-9H2,1-2H3,(H2,13,16)(H,14,15). The van der Waals surface area contributed by atoms with Crippen molar-refractivity contribution >= 4 is 22.8 Å². The van der Waals surface area contributed by atoms with E-state index in [2.05, 4.69) is 24.2 Å². The molecule has 4 nitrogen and oxygen atoms in total. The van der Waals surface area contributed by atoms with E-state index >= 15 is 0 Å². The quantitative estimate of drug-likeness (QED) is 0.712. The van der Waals surface area contributed by atoms with Gasteiger partial charge < -0.3 is 11.1 Å². The lowest BCUT2D eigenvalue weighted by Crippen LogP contribution is -2.35. The molecule has 1 aliphatic rings. The van der Waals surface area contributed by atoms with Crippen LogP contribution in [0.1, 0.15) is 39.5 Å². The maximum atomic E-state index is 10.6. The molecule has 0 aromatic heterocycles. The third kappa shape index (κ3) is 4.58. The number of hydrogen-bond acceptors (Lipinski definition) is 4. The van der Waals surface area contributed by atoms with Crippen LogP contribution < -0.4 is 11.1 Å². The van der Waals surface area contributed by atoms with Crippen LogP contribution in [0.25, 0.3) is 0 Å². The summed E-state index contributed by atoms with van der Waals surface area (Å²) in [5.41, 5.74) is 5.47. The minimum Gasteiger partial charge on any atom is -0.370 e. The summed E-state index contributed by atoms with van der Waals surface area (Å²) in [4.78, 5) is 15.2. The molecule has 0 aromatic carbocycles.